The number of pyridine rings is 1. The monoisotopic (exact) mass is 373 g/mol. The predicted molar refractivity (Wildman–Crippen MR) is 89.1 cm³/mol. The number of sulfonamides is 1. The van der Waals surface area contributed by atoms with E-state index in [9.17, 15) is 13.2 Å². The van der Waals surface area contributed by atoms with Crippen molar-refractivity contribution in [3.63, 3.8) is 0 Å². The van der Waals surface area contributed by atoms with Crippen LogP contribution in [0.15, 0.2) is 47.6 Å². The Balaban J connectivity index is 2.10. The van der Waals surface area contributed by atoms with Gasteiger partial charge in [-0.25, -0.2) is 8.42 Å². The summed E-state index contributed by atoms with van der Waals surface area (Å²) < 4.78 is 26.8. The van der Waals surface area contributed by atoms with Crippen LogP contribution in [0.4, 0.5) is 5.69 Å². The molecule has 0 radical (unpaired) electrons. The minimum atomic E-state index is -3.91. The number of amides is 1. The van der Waals surface area contributed by atoms with Gasteiger partial charge in [-0.05, 0) is 37.3 Å². The second-order valence-electron chi connectivity index (χ2n) is 4.65. The molecule has 6 nitrogen and oxygen atoms in total. The molecule has 23 heavy (non-hydrogen) atoms. The molecule has 1 aromatic carbocycles. The van der Waals surface area contributed by atoms with Crippen LogP contribution >= 0.6 is 23.2 Å². The van der Waals surface area contributed by atoms with Gasteiger partial charge in [0.05, 0.1) is 32.9 Å². The molecule has 0 bridgehead atoms. The van der Waals surface area contributed by atoms with E-state index in [0.29, 0.717) is 5.69 Å². The lowest BCUT2D eigenvalue weighted by Crippen LogP contribution is -2.41. The number of carbonyl (C=O) groups is 1. The fraction of sp³-hybridized carbons (Fsp3) is 0.143. The van der Waals surface area contributed by atoms with Gasteiger partial charge in [0.1, 0.15) is 0 Å². The van der Waals surface area contributed by atoms with Crippen LogP contribution in [0.5, 0.6) is 0 Å². The maximum Gasteiger partial charge on any atom is 0.242 e. The first-order valence-corrected chi connectivity index (χ1v) is 8.72. The molecule has 2 aromatic rings. The number of rotatable bonds is 5. The Kier molecular flexibility index (Phi) is 5.59. The summed E-state index contributed by atoms with van der Waals surface area (Å²) in [7, 11) is -3.91. The average Bonchev–Trinajstić information content (AvgIpc) is 2.50. The van der Waals surface area contributed by atoms with Crippen molar-refractivity contribution in [2.24, 2.45) is 0 Å². The zero-order valence-electron chi connectivity index (χ0n) is 12.0. The topological polar surface area (TPSA) is 88.2 Å². The number of aromatic nitrogens is 1. The van der Waals surface area contributed by atoms with Crippen LogP contribution in [-0.4, -0.2) is 25.4 Å². The fourth-order valence-electron chi connectivity index (χ4n) is 1.69. The van der Waals surface area contributed by atoms with Gasteiger partial charge in [-0.2, -0.15) is 4.72 Å². The molecule has 1 heterocycles. The molecule has 0 spiro atoms. The molecule has 0 saturated carbocycles. The van der Waals surface area contributed by atoms with E-state index in [4.69, 9.17) is 23.2 Å². The van der Waals surface area contributed by atoms with E-state index >= 15 is 0 Å². The van der Waals surface area contributed by atoms with Crippen molar-refractivity contribution in [2.45, 2.75) is 17.9 Å². The van der Waals surface area contributed by atoms with E-state index in [-0.39, 0.29) is 14.9 Å². The summed E-state index contributed by atoms with van der Waals surface area (Å²) in [6.45, 7) is 1.43. The van der Waals surface area contributed by atoms with Gasteiger partial charge in [-0.15, -0.1) is 0 Å². The summed E-state index contributed by atoms with van der Waals surface area (Å²) in [6.07, 6.45) is 3.02. The Bertz CT molecular complexity index is 813. The normalized spacial score (nSPS) is 12.7. The lowest BCUT2D eigenvalue weighted by atomic mass is 10.3. The summed E-state index contributed by atoms with van der Waals surface area (Å²) in [5, 5.41) is 2.92. The molecule has 1 aromatic heterocycles. The van der Waals surface area contributed by atoms with Crippen molar-refractivity contribution in [2.75, 3.05) is 5.32 Å². The molecule has 9 heteroatoms. The number of carbonyl (C=O) groups excluding carboxylic acids is 1. The van der Waals surface area contributed by atoms with Gasteiger partial charge in [-0.1, -0.05) is 23.2 Å². The third kappa shape index (κ3) is 4.65. The van der Waals surface area contributed by atoms with E-state index in [0.717, 1.165) is 0 Å². The summed E-state index contributed by atoms with van der Waals surface area (Å²) in [5.41, 5.74) is 0.470. The molecule has 0 aliphatic carbocycles. The molecule has 2 rings (SSSR count). The Morgan fingerprint density at radius 3 is 2.57 bits per heavy atom. The average molecular weight is 374 g/mol. The molecule has 0 unspecified atom stereocenters. The summed E-state index contributed by atoms with van der Waals surface area (Å²) in [6, 6.07) is 6.21. The first-order valence-electron chi connectivity index (χ1n) is 6.48. The molecule has 1 atom stereocenters. The van der Waals surface area contributed by atoms with Gasteiger partial charge < -0.3 is 5.32 Å². The first kappa shape index (κ1) is 17.7. The maximum atomic E-state index is 12.3. The Hall–Kier alpha value is -1.67. The van der Waals surface area contributed by atoms with Crippen LogP contribution in [0.1, 0.15) is 6.92 Å². The van der Waals surface area contributed by atoms with Gasteiger partial charge in [-0.3, -0.25) is 9.78 Å². The fourth-order valence-corrected chi connectivity index (χ4v) is 3.28. The van der Waals surface area contributed by atoms with Crippen LogP contribution in [-0.2, 0) is 14.8 Å². The van der Waals surface area contributed by atoms with Crippen LogP contribution < -0.4 is 10.0 Å². The van der Waals surface area contributed by atoms with E-state index in [1.165, 1.54) is 31.3 Å². The van der Waals surface area contributed by atoms with E-state index in [1.54, 1.807) is 18.3 Å². The number of nitrogens with one attached hydrogen (secondary N) is 2. The molecule has 1 amide bonds. The van der Waals surface area contributed by atoms with Gasteiger partial charge >= 0.3 is 0 Å². The van der Waals surface area contributed by atoms with Crippen LogP contribution in [0.25, 0.3) is 0 Å². The second kappa shape index (κ2) is 7.27. The second-order valence-corrected chi connectivity index (χ2v) is 7.18. The SMILES string of the molecule is C[C@H](NS(=O)(=O)c1ccc(Cl)c(Cl)c1)C(=O)Nc1cccnc1. The molecule has 2 N–H and O–H groups in total. The van der Waals surface area contributed by atoms with E-state index < -0.39 is 22.0 Å². The summed E-state index contributed by atoms with van der Waals surface area (Å²) in [5.74, 6) is -0.512. The highest BCUT2D eigenvalue weighted by Crippen LogP contribution is 2.24. The van der Waals surface area contributed by atoms with Gasteiger partial charge in [0.15, 0.2) is 0 Å². The number of hydrogen-bond donors (Lipinski definition) is 2. The Morgan fingerprint density at radius 2 is 1.96 bits per heavy atom. The number of halogens is 2. The zero-order chi connectivity index (χ0) is 17.0. The highest BCUT2D eigenvalue weighted by molar-refractivity contribution is 7.89. The predicted octanol–water partition coefficient (Wildman–Crippen LogP) is 2.69. The number of benzene rings is 1. The summed E-state index contributed by atoms with van der Waals surface area (Å²) in [4.78, 5) is 15.8. The van der Waals surface area contributed by atoms with Gasteiger partial charge in [0, 0.05) is 6.20 Å². The molecule has 0 aliphatic heterocycles. The van der Waals surface area contributed by atoms with Crippen LogP contribution in [0.3, 0.4) is 0 Å². The highest BCUT2D eigenvalue weighted by atomic mass is 35.5. The third-order valence-electron chi connectivity index (χ3n) is 2.86. The number of anilines is 1. The minimum absolute atomic E-state index is 0.0760. The number of nitrogens with zero attached hydrogens (tertiary/aromatic N) is 1. The molecule has 0 aliphatic rings. The molecule has 122 valence electrons. The van der Waals surface area contributed by atoms with Crippen molar-refractivity contribution in [3.8, 4) is 0 Å². The van der Waals surface area contributed by atoms with Crippen molar-refractivity contribution in [3.05, 3.63) is 52.8 Å². The highest BCUT2D eigenvalue weighted by Gasteiger charge is 2.22. The maximum absolute atomic E-state index is 12.3. The lowest BCUT2D eigenvalue weighted by molar-refractivity contribution is -0.117. The van der Waals surface area contributed by atoms with Crippen molar-refractivity contribution >= 4 is 44.8 Å². The molecular formula is C14H13Cl2N3O3S. The van der Waals surface area contributed by atoms with Gasteiger partial charge in [0.25, 0.3) is 0 Å². The van der Waals surface area contributed by atoms with Crippen LogP contribution in [0, 0.1) is 0 Å². The molecular weight excluding hydrogens is 361 g/mol. The third-order valence-corrected chi connectivity index (χ3v) is 5.13. The number of hydrogen-bond acceptors (Lipinski definition) is 4. The first-order chi connectivity index (χ1) is 10.8. The Morgan fingerprint density at radius 1 is 1.22 bits per heavy atom. The molecule has 0 fully saturated rings. The zero-order valence-corrected chi connectivity index (χ0v) is 14.3. The van der Waals surface area contributed by atoms with Crippen molar-refractivity contribution in [1.82, 2.24) is 9.71 Å². The minimum Gasteiger partial charge on any atom is -0.323 e. The summed E-state index contributed by atoms with van der Waals surface area (Å²) >= 11 is 11.6. The van der Waals surface area contributed by atoms with Crippen LogP contribution in [0.2, 0.25) is 10.0 Å². The smallest absolute Gasteiger partial charge is 0.242 e. The van der Waals surface area contributed by atoms with Gasteiger partial charge in [0.2, 0.25) is 15.9 Å². The van der Waals surface area contributed by atoms with Crippen molar-refractivity contribution in [1.29, 1.82) is 0 Å². The van der Waals surface area contributed by atoms with E-state index in [2.05, 4.69) is 15.0 Å². The Labute approximate surface area is 143 Å². The largest absolute Gasteiger partial charge is 0.323 e. The standard InChI is InChI=1S/C14H13Cl2N3O3S/c1-9(14(20)18-10-3-2-6-17-8-10)19-23(21,22)11-4-5-12(15)13(16)7-11/h2-9,19H,1H3,(H,18,20)/t9-/m0/s1. The van der Waals surface area contributed by atoms with Crippen molar-refractivity contribution < 1.29 is 13.2 Å². The molecule has 0 saturated heterocycles. The quantitative estimate of drug-likeness (QED) is 0.842. The van der Waals surface area contributed by atoms with E-state index in [1.807, 2.05) is 0 Å². The lowest BCUT2D eigenvalue weighted by Gasteiger charge is -2.14.